The molecule has 12 nitrogen and oxygen atoms in total. The minimum Gasteiger partial charge on any atom is -0.441 e. The molecular formula is C20H20ClN7O5. The Bertz CT molecular complexity index is 1150. The molecule has 1 aliphatic rings. The number of carbonyl (C=O) groups excluding carboxylic acids is 2. The first-order valence-corrected chi connectivity index (χ1v) is 10.3. The van der Waals surface area contributed by atoms with Crippen LogP contribution < -0.4 is 10.6 Å². The van der Waals surface area contributed by atoms with Crippen LogP contribution in [-0.2, 0) is 26.1 Å². The molecule has 172 valence electrons. The van der Waals surface area contributed by atoms with Crippen LogP contribution in [0.15, 0.2) is 36.7 Å². The van der Waals surface area contributed by atoms with E-state index in [1.807, 2.05) is 0 Å². The molecule has 0 unspecified atom stereocenters. The molecule has 33 heavy (non-hydrogen) atoms. The minimum absolute atomic E-state index is 0.253. The normalized spacial score (nSPS) is 14.6. The monoisotopic (exact) mass is 473 g/mol. The van der Waals surface area contributed by atoms with E-state index in [1.54, 1.807) is 44.4 Å². The Balaban J connectivity index is 1.43. The summed E-state index contributed by atoms with van der Waals surface area (Å²) in [6, 6.07) is 6.69. The number of amides is 2. The van der Waals surface area contributed by atoms with Crippen LogP contribution in [-0.4, -0.2) is 56.5 Å². The second-order valence-corrected chi connectivity index (χ2v) is 7.32. The van der Waals surface area contributed by atoms with Gasteiger partial charge in [0.15, 0.2) is 11.5 Å². The molecule has 1 aliphatic heterocycles. The van der Waals surface area contributed by atoms with E-state index in [2.05, 4.69) is 30.9 Å². The first-order chi connectivity index (χ1) is 15.9. The van der Waals surface area contributed by atoms with Crippen molar-refractivity contribution in [3.8, 4) is 11.4 Å². The zero-order chi connectivity index (χ0) is 23.4. The van der Waals surface area contributed by atoms with Crippen molar-refractivity contribution in [1.29, 1.82) is 0 Å². The highest BCUT2D eigenvalue weighted by atomic mass is 35.5. The Labute approximate surface area is 193 Å². The number of anilines is 2. The van der Waals surface area contributed by atoms with Gasteiger partial charge in [-0.25, -0.2) is 14.5 Å². The van der Waals surface area contributed by atoms with Gasteiger partial charge in [-0.05, 0) is 25.1 Å². The number of nitrogens with one attached hydrogen (secondary N) is 2. The lowest BCUT2D eigenvalue weighted by molar-refractivity contribution is -0.140. The fraction of sp³-hybridized carbons (Fsp3) is 0.300. The lowest BCUT2D eigenvalue weighted by Crippen LogP contribution is -2.28. The smallest absolute Gasteiger partial charge is 0.413 e. The molecule has 2 amide bonds. The molecule has 0 spiro atoms. The summed E-state index contributed by atoms with van der Waals surface area (Å²) in [5, 5.41) is 13.6. The predicted molar refractivity (Wildman–Crippen MR) is 116 cm³/mol. The molecule has 1 fully saturated rings. The van der Waals surface area contributed by atoms with Crippen LogP contribution in [0.4, 0.5) is 16.3 Å². The molecule has 4 rings (SSSR count). The summed E-state index contributed by atoms with van der Waals surface area (Å²) in [7, 11) is 1.61. The molecule has 0 radical (unpaired) electrons. The minimum atomic E-state index is -0.935. The van der Waals surface area contributed by atoms with Gasteiger partial charge < -0.3 is 19.5 Å². The lowest BCUT2D eigenvalue weighted by Gasteiger charge is -2.15. The molecule has 4 heterocycles. The lowest BCUT2D eigenvalue weighted by atomic mass is 10.2. The van der Waals surface area contributed by atoms with Gasteiger partial charge in [0, 0.05) is 18.8 Å². The summed E-state index contributed by atoms with van der Waals surface area (Å²) < 4.78 is 17.1. The highest BCUT2D eigenvalue weighted by Gasteiger charge is 2.25. The number of pyridine rings is 2. The summed E-state index contributed by atoms with van der Waals surface area (Å²) in [5.41, 5.74) is 1.77. The first kappa shape index (κ1) is 22.6. The molecule has 13 heteroatoms. The summed E-state index contributed by atoms with van der Waals surface area (Å²) >= 11 is 6.06. The van der Waals surface area contributed by atoms with E-state index in [9.17, 15) is 9.59 Å². The first-order valence-electron chi connectivity index (χ1n) is 9.90. The van der Waals surface area contributed by atoms with Gasteiger partial charge in [-0.15, -0.1) is 5.10 Å². The van der Waals surface area contributed by atoms with E-state index in [0.29, 0.717) is 35.9 Å². The number of ether oxygens (including phenoxy) is 3. The van der Waals surface area contributed by atoms with Gasteiger partial charge in [0.05, 0.1) is 30.8 Å². The van der Waals surface area contributed by atoms with Gasteiger partial charge in [-0.2, -0.15) is 0 Å². The van der Waals surface area contributed by atoms with Gasteiger partial charge in [-0.3, -0.25) is 15.1 Å². The van der Waals surface area contributed by atoms with Crippen LogP contribution in [0.25, 0.3) is 11.4 Å². The number of carbonyl (C=O) groups is 2. The number of aryl methyl sites for hydroxylation is 1. The average molecular weight is 474 g/mol. The van der Waals surface area contributed by atoms with E-state index in [0.717, 1.165) is 0 Å². The van der Waals surface area contributed by atoms with E-state index < -0.39 is 24.4 Å². The second-order valence-electron chi connectivity index (χ2n) is 6.96. The van der Waals surface area contributed by atoms with Crippen molar-refractivity contribution in [2.75, 3.05) is 23.8 Å². The molecule has 3 aromatic heterocycles. The number of aromatic nitrogens is 5. The molecule has 0 aromatic carbocycles. The summed E-state index contributed by atoms with van der Waals surface area (Å²) in [6.07, 6.45) is 0.701. The van der Waals surface area contributed by atoms with Crippen LogP contribution in [0.3, 0.4) is 0 Å². The van der Waals surface area contributed by atoms with Crippen LogP contribution in [0.5, 0.6) is 0 Å². The van der Waals surface area contributed by atoms with Crippen LogP contribution in [0.1, 0.15) is 18.6 Å². The third-order valence-electron chi connectivity index (χ3n) is 4.67. The highest BCUT2D eigenvalue weighted by Crippen LogP contribution is 2.26. The number of hydrogen-bond acceptors (Lipinski definition) is 9. The topological polar surface area (TPSA) is 142 Å². The van der Waals surface area contributed by atoms with Crippen LogP contribution >= 0.6 is 11.6 Å². The van der Waals surface area contributed by atoms with Crippen molar-refractivity contribution in [3.05, 3.63) is 47.4 Å². The maximum atomic E-state index is 12.5. The van der Waals surface area contributed by atoms with E-state index >= 15 is 0 Å². The Hall–Kier alpha value is -3.61. The third-order valence-corrected chi connectivity index (χ3v) is 4.98. The summed E-state index contributed by atoms with van der Waals surface area (Å²) in [6.45, 7) is 2.42. The molecule has 0 aliphatic carbocycles. The van der Waals surface area contributed by atoms with Gasteiger partial charge in [0.25, 0.3) is 5.91 Å². The number of rotatable bonds is 6. The van der Waals surface area contributed by atoms with Crippen molar-refractivity contribution in [2.24, 2.45) is 7.05 Å². The SMILES string of the molecule is C[C@@H](OC(=O)Nc1c(-c2ccc(NC(=O)C3OCCO3)cn2)nnn1C)c1cccnc1Cl. The number of hydrogen-bond donors (Lipinski definition) is 2. The quantitative estimate of drug-likeness (QED) is 0.516. The highest BCUT2D eigenvalue weighted by molar-refractivity contribution is 6.30. The molecule has 0 saturated carbocycles. The van der Waals surface area contributed by atoms with Crippen molar-refractivity contribution < 1.29 is 23.8 Å². The summed E-state index contributed by atoms with van der Waals surface area (Å²) in [5.74, 6) is -0.143. The van der Waals surface area contributed by atoms with Crippen molar-refractivity contribution in [2.45, 2.75) is 19.3 Å². The standard InChI is InChI=1S/C20H20ClN7O5/c1-11(13-4-3-7-22-16(13)21)33-20(30)25-17-15(26-27-28(17)2)14-6-5-12(10-23-14)24-18(29)19-31-8-9-32-19/h3-7,10-11,19H,8-9H2,1-2H3,(H,24,29)(H,25,30)/t11-/m1/s1. The van der Waals surface area contributed by atoms with Gasteiger partial charge in [0.2, 0.25) is 6.29 Å². The molecule has 1 saturated heterocycles. The number of nitrogens with zero attached hydrogens (tertiary/aromatic N) is 5. The number of halogens is 1. The predicted octanol–water partition coefficient (Wildman–Crippen LogP) is 2.55. The van der Waals surface area contributed by atoms with E-state index in [1.165, 1.54) is 10.9 Å². The zero-order valence-electron chi connectivity index (χ0n) is 17.7. The van der Waals surface area contributed by atoms with Gasteiger partial charge >= 0.3 is 6.09 Å². The van der Waals surface area contributed by atoms with Crippen molar-refractivity contribution in [1.82, 2.24) is 25.0 Å². The molecule has 2 N–H and O–H groups in total. The van der Waals surface area contributed by atoms with E-state index in [-0.39, 0.29) is 11.0 Å². The fourth-order valence-electron chi connectivity index (χ4n) is 3.04. The average Bonchev–Trinajstić information content (AvgIpc) is 3.46. The van der Waals surface area contributed by atoms with E-state index in [4.69, 9.17) is 25.8 Å². The van der Waals surface area contributed by atoms with Crippen molar-refractivity contribution >= 4 is 35.1 Å². The molecule has 3 aromatic rings. The molecular weight excluding hydrogens is 454 g/mol. The Morgan fingerprint density at radius 1 is 1.21 bits per heavy atom. The Morgan fingerprint density at radius 3 is 2.70 bits per heavy atom. The molecule has 1 atom stereocenters. The maximum Gasteiger partial charge on any atom is 0.413 e. The third kappa shape index (κ3) is 5.25. The van der Waals surface area contributed by atoms with Crippen LogP contribution in [0.2, 0.25) is 5.15 Å². The van der Waals surface area contributed by atoms with Crippen LogP contribution in [0, 0.1) is 0 Å². The van der Waals surface area contributed by atoms with Gasteiger partial charge in [-0.1, -0.05) is 22.9 Å². The Kier molecular flexibility index (Phi) is 6.77. The molecule has 0 bridgehead atoms. The Morgan fingerprint density at radius 2 is 2.00 bits per heavy atom. The second kappa shape index (κ2) is 9.90. The largest absolute Gasteiger partial charge is 0.441 e. The zero-order valence-corrected chi connectivity index (χ0v) is 18.4. The van der Waals surface area contributed by atoms with Crippen molar-refractivity contribution in [3.63, 3.8) is 0 Å². The summed E-state index contributed by atoms with van der Waals surface area (Å²) in [4.78, 5) is 32.8. The van der Waals surface area contributed by atoms with Gasteiger partial charge in [0.1, 0.15) is 11.3 Å². The maximum absolute atomic E-state index is 12.5. The fourth-order valence-corrected chi connectivity index (χ4v) is 3.31.